The maximum Gasteiger partial charge on any atom is 0.160 e. The van der Waals surface area contributed by atoms with E-state index in [0.29, 0.717) is 5.82 Å². The zero-order valence-corrected chi connectivity index (χ0v) is 37.1. The molecule has 322 valence electrons. The predicted molar refractivity (Wildman–Crippen MR) is 282 cm³/mol. The fourth-order valence-electron chi connectivity index (χ4n) is 10.1. The topological polar surface area (TPSA) is 65.2 Å². The first-order chi connectivity index (χ1) is 34.1. The molecule has 0 saturated heterocycles. The van der Waals surface area contributed by atoms with Crippen LogP contribution in [0.2, 0.25) is 0 Å². The molecule has 14 rings (SSSR count). The molecule has 0 unspecified atom stereocenters. The highest BCUT2D eigenvalue weighted by Gasteiger charge is 2.23. The van der Waals surface area contributed by atoms with E-state index in [9.17, 15) is 0 Å². The van der Waals surface area contributed by atoms with Crippen molar-refractivity contribution in [1.29, 1.82) is 0 Å². The van der Waals surface area contributed by atoms with E-state index >= 15 is 0 Å². The van der Waals surface area contributed by atoms with Crippen molar-refractivity contribution in [2.75, 3.05) is 0 Å². The van der Waals surface area contributed by atoms with Gasteiger partial charge in [0.25, 0.3) is 0 Å². The maximum absolute atomic E-state index is 6.41. The van der Waals surface area contributed by atoms with E-state index in [4.69, 9.17) is 23.2 Å². The van der Waals surface area contributed by atoms with Gasteiger partial charge in [-0.05, 0) is 117 Å². The Labute approximate surface area is 396 Å². The summed E-state index contributed by atoms with van der Waals surface area (Å²) in [5.74, 6) is 0.640. The molecule has 0 aliphatic heterocycles. The minimum absolute atomic E-state index is 0.640. The summed E-state index contributed by atoms with van der Waals surface area (Å²) in [6.07, 6.45) is 0. The molecule has 69 heavy (non-hydrogen) atoms. The molecule has 0 amide bonds. The molecule has 5 nitrogen and oxygen atoms in total. The van der Waals surface area contributed by atoms with Gasteiger partial charge in [0.1, 0.15) is 33.5 Å². The van der Waals surface area contributed by atoms with Crippen LogP contribution in [0.15, 0.2) is 244 Å². The molecule has 0 radical (unpaired) electrons. The van der Waals surface area contributed by atoms with Crippen LogP contribution in [0.4, 0.5) is 0 Å². The van der Waals surface area contributed by atoms with Gasteiger partial charge in [-0.3, -0.25) is 0 Å². The van der Waals surface area contributed by atoms with Crippen LogP contribution < -0.4 is 0 Å². The monoisotopic (exact) mass is 882 g/mol. The van der Waals surface area contributed by atoms with Gasteiger partial charge in [0, 0.05) is 49.0 Å². The first kappa shape index (κ1) is 38.9. The average molecular weight is 883 g/mol. The number of aromatic nitrogens is 2. The molecule has 0 spiro atoms. The van der Waals surface area contributed by atoms with Crippen LogP contribution in [0.25, 0.3) is 144 Å². The average Bonchev–Trinajstić information content (AvgIpc) is 4.11. The molecule has 5 heteroatoms. The smallest absolute Gasteiger partial charge is 0.160 e. The van der Waals surface area contributed by atoms with Gasteiger partial charge in [-0.25, -0.2) is 9.97 Å². The molecule has 14 aromatic rings. The Balaban J connectivity index is 1.08. The van der Waals surface area contributed by atoms with Gasteiger partial charge in [-0.1, -0.05) is 158 Å². The lowest BCUT2D eigenvalue weighted by Crippen LogP contribution is -1.99. The Morgan fingerprint density at radius 1 is 0.232 bits per heavy atom. The Morgan fingerprint density at radius 3 is 1.13 bits per heavy atom. The molecule has 0 aliphatic rings. The molecule has 0 fully saturated rings. The lowest BCUT2D eigenvalue weighted by molar-refractivity contribution is 0.668. The van der Waals surface area contributed by atoms with E-state index in [1.807, 2.05) is 60.7 Å². The molecule has 0 N–H and O–H groups in total. The van der Waals surface area contributed by atoms with Crippen LogP contribution >= 0.6 is 0 Å². The molecule has 4 aromatic heterocycles. The van der Waals surface area contributed by atoms with Crippen LogP contribution in [0, 0.1) is 0 Å². The minimum atomic E-state index is 0.640. The van der Waals surface area contributed by atoms with Crippen molar-refractivity contribution in [1.82, 2.24) is 9.97 Å². The summed E-state index contributed by atoms with van der Waals surface area (Å²) in [5, 5.41) is 6.38. The van der Waals surface area contributed by atoms with Crippen molar-refractivity contribution < 1.29 is 13.3 Å². The fraction of sp³-hybridized carbons (Fsp3) is 0. The van der Waals surface area contributed by atoms with Crippen molar-refractivity contribution in [3.8, 4) is 78.4 Å². The van der Waals surface area contributed by atoms with Gasteiger partial charge < -0.3 is 13.3 Å². The molecule has 0 saturated carbocycles. The molecular weight excluding hydrogens is 845 g/mol. The SMILES string of the molecule is c1ccc(-c2ccc(-c3cc(-c4c(-c5ccc6oc7ccccc7c6c5)cc(-c5ccc6oc7ccccc7c6c5)cc4-c4ccc5oc6ccccc6c5c4)nc(-c4ccccc4)n3)cc2)cc1. The van der Waals surface area contributed by atoms with Crippen LogP contribution in [-0.4, -0.2) is 9.97 Å². The number of hydrogen-bond acceptors (Lipinski definition) is 5. The summed E-state index contributed by atoms with van der Waals surface area (Å²) in [5.41, 5.74) is 18.2. The highest BCUT2D eigenvalue weighted by atomic mass is 16.3. The normalized spacial score (nSPS) is 11.8. The Kier molecular flexibility index (Phi) is 8.83. The third-order valence-electron chi connectivity index (χ3n) is 13.5. The van der Waals surface area contributed by atoms with E-state index in [0.717, 1.165) is 138 Å². The summed E-state index contributed by atoms with van der Waals surface area (Å²) in [6, 6.07) is 80.6. The second kappa shape index (κ2) is 15.7. The Bertz CT molecular complexity index is 4160. The number of furan rings is 3. The minimum Gasteiger partial charge on any atom is -0.456 e. The van der Waals surface area contributed by atoms with E-state index in [1.165, 1.54) is 0 Å². The van der Waals surface area contributed by atoms with Crippen molar-refractivity contribution in [2.45, 2.75) is 0 Å². The van der Waals surface area contributed by atoms with Crippen LogP contribution in [0.1, 0.15) is 0 Å². The van der Waals surface area contributed by atoms with Gasteiger partial charge in [-0.15, -0.1) is 0 Å². The lowest BCUT2D eigenvalue weighted by Gasteiger charge is -2.20. The standard InChI is InChI=1S/C64H38N2O3/c1-3-13-39(14-4-1)40-23-25-41(26-24-40)55-38-56(66-64(65-55)42-15-5-2-6-16-42)63-50(44-28-31-61-53(34-44)48-18-8-11-21-58(48)68-61)36-46(43-27-30-60-52(33-43)47-17-7-10-20-57(47)67-60)37-51(63)45-29-32-62-54(35-45)49-19-9-12-22-59(49)69-62/h1-38H. The molecular formula is C64H38N2O3. The number of hydrogen-bond donors (Lipinski definition) is 0. The molecule has 0 bridgehead atoms. The van der Waals surface area contributed by atoms with Crippen molar-refractivity contribution in [3.05, 3.63) is 231 Å². The van der Waals surface area contributed by atoms with Crippen molar-refractivity contribution >= 4 is 65.8 Å². The second-order valence-corrected chi connectivity index (χ2v) is 17.6. The summed E-state index contributed by atoms with van der Waals surface area (Å²) in [7, 11) is 0. The van der Waals surface area contributed by atoms with Crippen LogP contribution in [0.5, 0.6) is 0 Å². The molecule has 0 aliphatic carbocycles. The summed E-state index contributed by atoms with van der Waals surface area (Å²) in [6.45, 7) is 0. The van der Waals surface area contributed by atoms with Crippen LogP contribution in [-0.2, 0) is 0 Å². The molecule has 0 atom stereocenters. The van der Waals surface area contributed by atoms with E-state index in [1.54, 1.807) is 0 Å². The van der Waals surface area contributed by atoms with E-state index in [-0.39, 0.29) is 0 Å². The summed E-state index contributed by atoms with van der Waals surface area (Å²) >= 11 is 0. The van der Waals surface area contributed by atoms with Gasteiger partial charge in [0.15, 0.2) is 5.82 Å². The first-order valence-electron chi connectivity index (χ1n) is 23.2. The molecule has 10 aromatic carbocycles. The number of nitrogens with zero attached hydrogens (tertiary/aromatic N) is 2. The number of fused-ring (bicyclic) bond motifs is 9. The van der Waals surface area contributed by atoms with Gasteiger partial charge in [0.2, 0.25) is 0 Å². The first-order valence-corrected chi connectivity index (χ1v) is 23.2. The maximum atomic E-state index is 6.41. The highest BCUT2D eigenvalue weighted by molar-refractivity contribution is 6.11. The van der Waals surface area contributed by atoms with Crippen molar-refractivity contribution in [3.63, 3.8) is 0 Å². The Hall–Kier alpha value is -9.32. The Morgan fingerprint density at radius 2 is 0.609 bits per heavy atom. The zero-order chi connectivity index (χ0) is 45.4. The summed E-state index contributed by atoms with van der Waals surface area (Å²) in [4.78, 5) is 10.9. The zero-order valence-electron chi connectivity index (χ0n) is 37.1. The fourth-order valence-corrected chi connectivity index (χ4v) is 10.1. The summed E-state index contributed by atoms with van der Waals surface area (Å²) < 4.78 is 19.2. The number of para-hydroxylation sites is 3. The molecule has 4 heterocycles. The van der Waals surface area contributed by atoms with Crippen LogP contribution in [0.3, 0.4) is 0 Å². The number of rotatable bonds is 7. The number of benzene rings is 10. The quantitative estimate of drug-likeness (QED) is 0.160. The van der Waals surface area contributed by atoms with Crippen molar-refractivity contribution in [2.24, 2.45) is 0 Å². The second-order valence-electron chi connectivity index (χ2n) is 17.6. The third-order valence-corrected chi connectivity index (χ3v) is 13.5. The van der Waals surface area contributed by atoms with Gasteiger partial charge >= 0.3 is 0 Å². The van der Waals surface area contributed by atoms with E-state index in [2.05, 4.69) is 170 Å². The highest BCUT2D eigenvalue weighted by Crippen LogP contribution is 2.47. The van der Waals surface area contributed by atoms with E-state index < -0.39 is 0 Å². The third kappa shape index (κ3) is 6.63. The van der Waals surface area contributed by atoms with Gasteiger partial charge in [0.05, 0.1) is 11.4 Å². The van der Waals surface area contributed by atoms with Gasteiger partial charge in [-0.2, -0.15) is 0 Å². The predicted octanol–water partition coefficient (Wildman–Crippen LogP) is 17.8. The lowest BCUT2D eigenvalue weighted by atomic mass is 9.85. The largest absolute Gasteiger partial charge is 0.456 e.